The molecule has 0 saturated heterocycles. The highest BCUT2D eigenvalue weighted by atomic mass is 16.7. The lowest BCUT2D eigenvalue weighted by molar-refractivity contribution is 0.172. The van der Waals surface area contributed by atoms with Gasteiger partial charge < -0.3 is 19.3 Å². The predicted octanol–water partition coefficient (Wildman–Crippen LogP) is 8.37. The molecule has 1 aliphatic rings. The first-order valence-electron chi connectivity index (χ1n) is 12.6. The molecule has 1 heterocycles. The van der Waals surface area contributed by atoms with Gasteiger partial charge in [-0.1, -0.05) is 84.1 Å². The molecule has 0 amide bonds. The highest BCUT2D eigenvalue weighted by Gasteiger charge is 2.25. The van der Waals surface area contributed by atoms with Crippen LogP contribution in [0, 0.1) is 0 Å². The van der Waals surface area contributed by atoms with Gasteiger partial charge >= 0.3 is 0 Å². The number of ether oxygens (including phenoxy) is 3. The third kappa shape index (κ3) is 6.46. The molecule has 1 N–H and O–H groups in total. The minimum atomic E-state index is 0.177. The molecule has 4 nitrogen and oxygen atoms in total. The van der Waals surface area contributed by atoms with Gasteiger partial charge in [0.2, 0.25) is 6.79 Å². The lowest BCUT2D eigenvalue weighted by atomic mass is 9.90. The van der Waals surface area contributed by atoms with E-state index in [0.717, 1.165) is 53.0 Å². The summed E-state index contributed by atoms with van der Waals surface area (Å²) in [7, 11) is 0. The van der Waals surface area contributed by atoms with Crippen LogP contribution in [0.15, 0.2) is 36.9 Å². The van der Waals surface area contributed by atoms with Gasteiger partial charge in [-0.05, 0) is 48.4 Å². The van der Waals surface area contributed by atoms with E-state index in [1.165, 1.54) is 38.5 Å². The van der Waals surface area contributed by atoms with Gasteiger partial charge in [0.25, 0.3) is 0 Å². The van der Waals surface area contributed by atoms with Gasteiger partial charge in [-0.25, -0.2) is 0 Å². The van der Waals surface area contributed by atoms with Crippen LogP contribution in [0.4, 0.5) is 0 Å². The first-order valence-corrected chi connectivity index (χ1v) is 12.6. The molecule has 1 unspecified atom stereocenters. The van der Waals surface area contributed by atoms with Crippen molar-refractivity contribution in [2.24, 2.45) is 0 Å². The van der Waals surface area contributed by atoms with Crippen molar-refractivity contribution in [2.45, 2.75) is 91.1 Å². The van der Waals surface area contributed by atoms with Crippen LogP contribution in [0.2, 0.25) is 0 Å². The molecular formula is C29H40O4. The number of fused-ring (bicyclic) bond motifs is 1. The first-order chi connectivity index (χ1) is 16.1. The number of hydrogen-bond donors (Lipinski definition) is 1. The summed E-state index contributed by atoms with van der Waals surface area (Å²) in [5.74, 6) is 2.66. The average Bonchev–Trinajstić information content (AvgIpc) is 3.29. The van der Waals surface area contributed by atoms with E-state index in [0.29, 0.717) is 18.3 Å². The third-order valence-electron chi connectivity index (χ3n) is 6.50. The summed E-state index contributed by atoms with van der Waals surface area (Å²) in [6, 6.07) is 9.69. The molecule has 0 bridgehead atoms. The van der Waals surface area contributed by atoms with E-state index in [9.17, 15) is 5.11 Å². The van der Waals surface area contributed by atoms with Crippen LogP contribution in [0.5, 0.6) is 23.0 Å². The number of phenolic OH excluding ortho intramolecular Hbond substituents is 1. The van der Waals surface area contributed by atoms with Crippen LogP contribution < -0.4 is 14.2 Å². The minimum absolute atomic E-state index is 0.177. The summed E-state index contributed by atoms with van der Waals surface area (Å²) in [6.45, 7) is 11.5. The summed E-state index contributed by atoms with van der Waals surface area (Å²) in [5, 5.41) is 10.9. The van der Waals surface area contributed by atoms with Crippen molar-refractivity contribution in [3.05, 3.63) is 53.6 Å². The third-order valence-corrected chi connectivity index (χ3v) is 6.50. The van der Waals surface area contributed by atoms with Crippen molar-refractivity contribution >= 4 is 5.57 Å². The quantitative estimate of drug-likeness (QED) is 0.292. The number of para-hydroxylation sites is 1. The highest BCUT2D eigenvalue weighted by molar-refractivity contribution is 5.71. The molecule has 0 spiro atoms. The van der Waals surface area contributed by atoms with Crippen molar-refractivity contribution in [3.63, 3.8) is 0 Å². The van der Waals surface area contributed by atoms with Crippen LogP contribution in [0.3, 0.4) is 0 Å². The number of allylic oxidation sites excluding steroid dienone is 1. The molecule has 0 saturated carbocycles. The summed E-state index contributed by atoms with van der Waals surface area (Å²) in [4.78, 5) is 0. The van der Waals surface area contributed by atoms with E-state index in [-0.39, 0.29) is 12.5 Å². The van der Waals surface area contributed by atoms with Crippen LogP contribution in [-0.2, 0) is 6.61 Å². The van der Waals surface area contributed by atoms with Crippen molar-refractivity contribution in [3.8, 4) is 23.0 Å². The maximum Gasteiger partial charge on any atom is 0.231 e. The molecule has 3 rings (SSSR count). The summed E-state index contributed by atoms with van der Waals surface area (Å²) < 4.78 is 17.6. The van der Waals surface area contributed by atoms with Gasteiger partial charge in [0.1, 0.15) is 6.61 Å². The van der Waals surface area contributed by atoms with Crippen LogP contribution in [-0.4, -0.2) is 11.9 Å². The standard InChI is InChI=1S/C29H40O4/c1-5-7-9-11-13-21(3)24-15-12-16-25(28(24)30)31-19-23-17-18-26-29(33-20-32-26)27(23)22(4)14-10-8-6-2/h12,15-18,22,30H,3,5-11,13-14,19-20H2,1-2,4H3. The van der Waals surface area contributed by atoms with E-state index >= 15 is 0 Å². The molecule has 4 heteroatoms. The number of phenols is 1. The molecule has 0 radical (unpaired) electrons. The largest absolute Gasteiger partial charge is 0.504 e. The van der Waals surface area contributed by atoms with Crippen molar-refractivity contribution < 1.29 is 19.3 Å². The van der Waals surface area contributed by atoms with Crippen molar-refractivity contribution in [1.82, 2.24) is 0 Å². The fourth-order valence-electron chi connectivity index (χ4n) is 4.53. The first kappa shape index (κ1) is 25.0. The van der Waals surface area contributed by atoms with Gasteiger partial charge in [0.15, 0.2) is 23.0 Å². The number of benzene rings is 2. The van der Waals surface area contributed by atoms with Gasteiger partial charge in [-0.2, -0.15) is 0 Å². The van der Waals surface area contributed by atoms with E-state index in [2.05, 4.69) is 33.4 Å². The smallest absolute Gasteiger partial charge is 0.231 e. The van der Waals surface area contributed by atoms with Crippen molar-refractivity contribution in [2.75, 3.05) is 6.79 Å². The van der Waals surface area contributed by atoms with Gasteiger partial charge in [-0.15, -0.1) is 0 Å². The van der Waals surface area contributed by atoms with Crippen molar-refractivity contribution in [1.29, 1.82) is 0 Å². The van der Waals surface area contributed by atoms with E-state index in [4.69, 9.17) is 14.2 Å². The Morgan fingerprint density at radius 3 is 2.61 bits per heavy atom. The molecule has 1 atom stereocenters. The molecule has 0 aromatic heterocycles. The normalized spacial score (nSPS) is 13.2. The van der Waals surface area contributed by atoms with Crippen LogP contribution in [0.1, 0.15) is 101 Å². The maximum atomic E-state index is 10.9. The Bertz CT molecular complexity index is 918. The zero-order valence-electron chi connectivity index (χ0n) is 20.6. The summed E-state index contributed by atoms with van der Waals surface area (Å²) in [5.41, 5.74) is 3.98. The lowest BCUT2D eigenvalue weighted by Crippen LogP contribution is -2.06. The van der Waals surface area contributed by atoms with E-state index in [1.54, 1.807) is 0 Å². The van der Waals surface area contributed by atoms with Crippen LogP contribution in [0.25, 0.3) is 5.57 Å². The maximum absolute atomic E-state index is 10.9. The lowest BCUT2D eigenvalue weighted by Gasteiger charge is -2.20. The zero-order chi connectivity index (χ0) is 23.6. The number of aromatic hydroxyl groups is 1. The Labute approximate surface area is 199 Å². The Morgan fingerprint density at radius 2 is 1.82 bits per heavy atom. The Kier molecular flexibility index (Phi) is 9.53. The fraction of sp³-hybridized carbons (Fsp3) is 0.517. The monoisotopic (exact) mass is 452 g/mol. The molecule has 33 heavy (non-hydrogen) atoms. The number of rotatable bonds is 14. The second-order valence-corrected chi connectivity index (χ2v) is 9.12. The molecule has 180 valence electrons. The molecule has 2 aromatic carbocycles. The second-order valence-electron chi connectivity index (χ2n) is 9.12. The summed E-state index contributed by atoms with van der Waals surface area (Å²) in [6.07, 6.45) is 10.3. The SMILES string of the molecule is C=C(CCCCCC)c1cccc(OCc2ccc3c(c2C(C)CCCCC)OCO3)c1O. The topological polar surface area (TPSA) is 47.9 Å². The van der Waals surface area contributed by atoms with Gasteiger partial charge in [-0.3, -0.25) is 0 Å². The predicted molar refractivity (Wildman–Crippen MR) is 135 cm³/mol. The fourth-order valence-corrected chi connectivity index (χ4v) is 4.53. The molecule has 0 fully saturated rings. The molecule has 1 aliphatic heterocycles. The van der Waals surface area contributed by atoms with E-state index in [1.807, 2.05) is 24.3 Å². The van der Waals surface area contributed by atoms with Crippen LogP contribution >= 0.6 is 0 Å². The molecular weight excluding hydrogens is 412 g/mol. The zero-order valence-corrected chi connectivity index (χ0v) is 20.6. The van der Waals surface area contributed by atoms with Gasteiger partial charge in [0.05, 0.1) is 0 Å². The Morgan fingerprint density at radius 1 is 1.03 bits per heavy atom. The minimum Gasteiger partial charge on any atom is -0.504 e. The molecule has 0 aliphatic carbocycles. The second kappa shape index (κ2) is 12.6. The number of hydrogen-bond acceptors (Lipinski definition) is 4. The Hall–Kier alpha value is -2.62. The Balaban J connectivity index is 1.74. The average molecular weight is 453 g/mol. The molecule has 2 aromatic rings. The van der Waals surface area contributed by atoms with E-state index < -0.39 is 0 Å². The summed E-state index contributed by atoms with van der Waals surface area (Å²) >= 11 is 0. The van der Waals surface area contributed by atoms with Gasteiger partial charge in [0, 0.05) is 11.1 Å². The highest BCUT2D eigenvalue weighted by Crippen LogP contribution is 2.43. The number of unbranched alkanes of at least 4 members (excludes halogenated alkanes) is 5.